The molecule has 3 aliphatic rings. The second kappa shape index (κ2) is 7.88. The van der Waals surface area contributed by atoms with Crippen molar-refractivity contribution in [1.29, 1.82) is 0 Å². The fourth-order valence-corrected chi connectivity index (χ4v) is 6.54. The topological polar surface area (TPSA) is 0 Å². The van der Waals surface area contributed by atoms with Gasteiger partial charge in [-0.2, -0.15) is 0 Å². The first-order valence-electron chi connectivity index (χ1n) is 6.46. The molecular weight excluding hydrogens is 342 g/mol. The fourth-order valence-electron chi connectivity index (χ4n) is 3.00. The minimum atomic E-state index is -0.399. The maximum Gasteiger partial charge on any atom is -1.00 e. The molecule has 3 rings (SSSR count). The molecule has 0 aromatic heterocycles. The predicted octanol–water partition coefficient (Wildman–Crippen LogP) is -1.68. The molecule has 0 aromatic rings. The molecule has 0 saturated heterocycles. The van der Waals surface area contributed by atoms with E-state index in [-0.39, 0.29) is 24.8 Å². The van der Waals surface area contributed by atoms with Crippen molar-refractivity contribution in [2.45, 2.75) is 38.5 Å². The van der Waals surface area contributed by atoms with Crippen LogP contribution in [0.4, 0.5) is 0 Å². The maximum atomic E-state index is 2.45. The molecule has 0 unspecified atom stereocenters. The van der Waals surface area contributed by atoms with Crippen LogP contribution in [0.25, 0.3) is 0 Å². The van der Waals surface area contributed by atoms with Gasteiger partial charge in [0.25, 0.3) is 0 Å². The molecule has 0 atom stereocenters. The summed E-state index contributed by atoms with van der Waals surface area (Å²) in [6, 6.07) is 0. The van der Waals surface area contributed by atoms with Crippen molar-refractivity contribution in [3.8, 4) is 0 Å². The van der Waals surface area contributed by atoms with Crippen molar-refractivity contribution >= 4 is 0 Å². The number of allylic oxidation sites excluding steroid dienone is 8. The van der Waals surface area contributed by atoms with Gasteiger partial charge < -0.3 is 24.8 Å². The summed E-state index contributed by atoms with van der Waals surface area (Å²) >= 11 is -0.399. The van der Waals surface area contributed by atoms with Crippen molar-refractivity contribution in [3.63, 3.8) is 0 Å². The van der Waals surface area contributed by atoms with Gasteiger partial charge in [0.2, 0.25) is 0 Å². The van der Waals surface area contributed by atoms with Gasteiger partial charge in [-0.05, 0) is 0 Å². The van der Waals surface area contributed by atoms with Gasteiger partial charge in [0, 0.05) is 0 Å². The van der Waals surface area contributed by atoms with Crippen LogP contribution in [-0.2, 0) is 23.2 Å². The number of hydrogen-bond acceptors (Lipinski definition) is 0. The van der Waals surface area contributed by atoms with Crippen molar-refractivity contribution in [1.82, 2.24) is 0 Å². The zero-order valence-corrected chi connectivity index (χ0v) is 14.4. The third-order valence-electron chi connectivity index (χ3n) is 3.85. The summed E-state index contributed by atoms with van der Waals surface area (Å²) in [5.74, 6) is 0.935. The molecule has 0 bridgehead atoms. The van der Waals surface area contributed by atoms with E-state index in [4.69, 9.17) is 0 Å². The van der Waals surface area contributed by atoms with E-state index in [0.29, 0.717) is 0 Å². The smallest absolute Gasteiger partial charge is 1.00 e. The van der Waals surface area contributed by atoms with Gasteiger partial charge >= 0.3 is 110 Å². The van der Waals surface area contributed by atoms with Gasteiger partial charge in [0.1, 0.15) is 0 Å². The second-order valence-electron chi connectivity index (χ2n) is 4.97. The first-order chi connectivity index (χ1) is 7.93. The van der Waals surface area contributed by atoms with E-state index in [0.717, 1.165) is 5.92 Å². The molecule has 0 aromatic carbocycles. The summed E-state index contributed by atoms with van der Waals surface area (Å²) in [5.41, 5.74) is 1.77. The summed E-state index contributed by atoms with van der Waals surface area (Å²) in [5, 5.41) is 0. The average molecular weight is 360 g/mol. The molecule has 3 heteroatoms. The van der Waals surface area contributed by atoms with E-state index in [2.05, 4.69) is 30.4 Å². The minimum Gasteiger partial charge on any atom is -1.00 e. The molecule has 0 spiro atoms. The Morgan fingerprint density at radius 2 is 1.78 bits per heavy atom. The Morgan fingerprint density at radius 1 is 1.00 bits per heavy atom. The van der Waals surface area contributed by atoms with Crippen LogP contribution in [0.3, 0.4) is 0 Å². The van der Waals surface area contributed by atoms with Crippen molar-refractivity contribution in [2.75, 3.05) is 0 Å². The van der Waals surface area contributed by atoms with Crippen LogP contribution in [0.5, 0.6) is 0 Å². The SMILES string of the molecule is C1=CC[C]([Zr+2][C]2=C(C3CCCC3)C=CC2)=C1.[Cl-].[Cl-]. The van der Waals surface area contributed by atoms with E-state index in [1.54, 1.807) is 8.85 Å². The standard InChI is InChI=1S/C10H13.C5H5.2ClH.Zr/c1-2-6-9(5-1)10-7-3-4-8-10;1-2-4-5-3-1;;;/h1,5,10H,2-4,7-8H2;1-3H,4H2;2*1H;/q;;;;+2/p-2. The molecule has 0 heterocycles. The monoisotopic (exact) mass is 358 g/mol. The Hall–Kier alpha value is 0.423. The molecule has 18 heavy (non-hydrogen) atoms. The summed E-state index contributed by atoms with van der Waals surface area (Å²) in [4.78, 5) is 0. The molecule has 0 radical (unpaired) electrons. The van der Waals surface area contributed by atoms with Crippen molar-refractivity contribution < 1.29 is 48.0 Å². The Labute approximate surface area is 134 Å². The van der Waals surface area contributed by atoms with Crippen LogP contribution in [0.1, 0.15) is 38.5 Å². The maximum absolute atomic E-state index is 2.45. The normalized spacial score (nSPS) is 21.7. The molecule has 0 nitrogen and oxygen atoms in total. The summed E-state index contributed by atoms with van der Waals surface area (Å²) < 4.78 is 3.66. The van der Waals surface area contributed by atoms with E-state index in [1.165, 1.54) is 38.5 Å². The molecule has 3 aliphatic carbocycles. The quantitative estimate of drug-likeness (QED) is 0.565. The number of hydrogen-bond donors (Lipinski definition) is 0. The minimum absolute atomic E-state index is 0. The summed E-state index contributed by atoms with van der Waals surface area (Å²) in [7, 11) is 0. The zero-order chi connectivity index (χ0) is 10.8. The van der Waals surface area contributed by atoms with Crippen LogP contribution in [-0.4, -0.2) is 0 Å². The molecular formula is C15H18Cl2Zr. The van der Waals surface area contributed by atoms with Crippen LogP contribution in [0.15, 0.2) is 42.5 Å². The Kier molecular flexibility index (Phi) is 7.21. The van der Waals surface area contributed by atoms with Crippen molar-refractivity contribution in [2.24, 2.45) is 5.92 Å². The van der Waals surface area contributed by atoms with Crippen molar-refractivity contribution in [3.05, 3.63) is 42.5 Å². The molecule has 1 saturated carbocycles. The zero-order valence-electron chi connectivity index (χ0n) is 10.5. The Bertz CT molecular complexity index is 399. The van der Waals surface area contributed by atoms with Crippen LogP contribution >= 0.6 is 0 Å². The molecule has 1 fully saturated rings. The van der Waals surface area contributed by atoms with Gasteiger partial charge in [0.15, 0.2) is 0 Å². The van der Waals surface area contributed by atoms with Gasteiger partial charge in [-0.3, -0.25) is 0 Å². The molecule has 96 valence electrons. The largest absolute Gasteiger partial charge is 1.00 e. The van der Waals surface area contributed by atoms with Crippen LogP contribution in [0.2, 0.25) is 0 Å². The van der Waals surface area contributed by atoms with Crippen LogP contribution in [0, 0.1) is 5.92 Å². The van der Waals surface area contributed by atoms with E-state index in [9.17, 15) is 0 Å². The van der Waals surface area contributed by atoms with Gasteiger partial charge in [-0.15, -0.1) is 0 Å². The summed E-state index contributed by atoms with van der Waals surface area (Å²) in [6.45, 7) is 0. The second-order valence-corrected chi connectivity index (χ2v) is 8.65. The number of halogens is 2. The van der Waals surface area contributed by atoms with Gasteiger partial charge in [0.05, 0.1) is 0 Å². The van der Waals surface area contributed by atoms with E-state index < -0.39 is 23.2 Å². The summed E-state index contributed by atoms with van der Waals surface area (Å²) in [6.07, 6.45) is 20.2. The molecule has 0 N–H and O–H groups in total. The predicted molar refractivity (Wildman–Crippen MR) is 64.6 cm³/mol. The Balaban J connectivity index is 0.000000810. The number of rotatable bonds is 3. The third-order valence-corrected chi connectivity index (χ3v) is 7.50. The average Bonchev–Trinajstić information content (AvgIpc) is 2.98. The first kappa shape index (κ1) is 16.5. The van der Waals surface area contributed by atoms with Gasteiger partial charge in [-0.1, -0.05) is 0 Å². The van der Waals surface area contributed by atoms with E-state index >= 15 is 0 Å². The molecule has 0 aliphatic heterocycles. The van der Waals surface area contributed by atoms with E-state index in [1.807, 2.05) is 3.28 Å². The third kappa shape index (κ3) is 3.72. The fraction of sp³-hybridized carbons (Fsp3) is 0.467. The Morgan fingerprint density at radius 3 is 2.44 bits per heavy atom. The van der Waals surface area contributed by atoms with Gasteiger partial charge in [-0.25, -0.2) is 0 Å². The first-order valence-corrected chi connectivity index (χ1v) is 8.91. The van der Waals surface area contributed by atoms with Crippen LogP contribution < -0.4 is 24.8 Å². The molecule has 0 amide bonds.